The van der Waals surface area contributed by atoms with Crippen LogP contribution in [0.5, 0.6) is 5.75 Å². The van der Waals surface area contributed by atoms with Gasteiger partial charge in [0.1, 0.15) is 5.75 Å². The highest BCUT2D eigenvalue weighted by Crippen LogP contribution is 2.31. The number of ether oxygens (including phenoxy) is 2. The van der Waals surface area contributed by atoms with Gasteiger partial charge in [-0.05, 0) is 12.1 Å². The lowest BCUT2D eigenvalue weighted by molar-refractivity contribution is 0.0326. The second-order valence-electron chi connectivity index (χ2n) is 5.67. The third-order valence-electron chi connectivity index (χ3n) is 4.26. The molecule has 0 radical (unpaired) electrons. The van der Waals surface area contributed by atoms with Crippen molar-refractivity contribution in [1.82, 2.24) is 4.90 Å². The first-order valence-electron chi connectivity index (χ1n) is 7.36. The van der Waals surface area contributed by atoms with Crippen LogP contribution >= 0.6 is 0 Å². The van der Waals surface area contributed by atoms with E-state index in [1.165, 1.54) is 0 Å². The fourth-order valence-electron chi connectivity index (χ4n) is 3.20. The van der Waals surface area contributed by atoms with Gasteiger partial charge in [-0.1, -0.05) is 0 Å². The summed E-state index contributed by atoms with van der Waals surface area (Å²) >= 11 is 0. The molecule has 1 aromatic carbocycles. The number of rotatable bonds is 4. The first-order chi connectivity index (χ1) is 10.2. The molecule has 3 N–H and O–H groups in total. The number of methoxy groups -OCH3 is 1. The van der Waals surface area contributed by atoms with Crippen LogP contribution in [0.25, 0.3) is 0 Å². The van der Waals surface area contributed by atoms with Gasteiger partial charge < -0.3 is 25.2 Å². The number of morpholine rings is 1. The van der Waals surface area contributed by atoms with Crippen molar-refractivity contribution < 1.29 is 14.6 Å². The highest BCUT2D eigenvalue weighted by molar-refractivity contribution is 5.63. The van der Waals surface area contributed by atoms with E-state index in [4.69, 9.17) is 20.3 Å². The highest BCUT2D eigenvalue weighted by Gasteiger charge is 2.35. The number of benzene rings is 1. The van der Waals surface area contributed by atoms with Gasteiger partial charge in [0, 0.05) is 37.9 Å². The van der Waals surface area contributed by atoms with Crippen molar-refractivity contribution in [2.24, 2.45) is 0 Å². The Morgan fingerprint density at radius 2 is 2.24 bits per heavy atom. The predicted molar refractivity (Wildman–Crippen MR) is 81.8 cm³/mol. The molecule has 1 aromatic rings. The SMILES string of the molecule is COc1cc(N2CC3CN(CCO)CC2CO3)ccc1N. The Bertz CT molecular complexity index is 497. The number of hydrogen-bond acceptors (Lipinski definition) is 6. The smallest absolute Gasteiger partial charge is 0.143 e. The molecule has 0 saturated carbocycles. The first-order valence-corrected chi connectivity index (χ1v) is 7.36. The van der Waals surface area contributed by atoms with Gasteiger partial charge in [0.05, 0.1) is 38.2 Å². The van der Waals surface area contributed by atoms with Crippen LogP contribution in [-0.4, -0.2) is 68.7 Å². The molecule has 3 saturated heterocycles. The van der Waals surface area contributed by atoms with Crippen molar-refractivity contribution in [3.8, 4) is 5.75 Å². The van der Waals surface area contributed by atoms with Gasteiger partial charge in [0.15, 0.2) is 0 Å². The quantitative estimate of drug-likeness (QED) is 0.771. The van der Waals surface area contributed by atoms with E-state index in [1.54, 1.807) is 7.11 Å². The van der Waals surface area contributed by atoms with E-state index in [2.05, 4.69) is 9.80 Å². The van der Waals surface area contributed by atoms with Crippen LogP contribution in [0.2, 0.25) is 0 Å². The molecule has 2 bridgehead atoms. The Morgan fingerprint density at radius 1 is 1.38 bits per heavy atom. The molecule has 6 nitrogen and oxygen atoms in total. The number of fused-ring (bicyclic) bond motifs is 4. The molecule has 0 aromatic heterocycles. The molecule has 4 rings (SSSR count). The minimum Gasteiger partial charge on any atom is -0.495 e. The number of anilines is 2. The van der Waals surface area contributed by atoms with E-state index in [1.807, 2.05) is 18.2 Å². The van der Waals surface area contributed by atoms with Gasteiger partial charge in [-0.2, -0.15) is 0 Å². The largest absolute Gasteiger partial charge is 0.495 e. The summed E-state index contributed by atoms with van der Waals surface area (Å²) in [6.45, 7) is 4.26. The molecular formula is C15H23N3O3. The summed E-state index contributed by atoms with van der Waals surface area (Å²) in [4.78, 5) is 4.64. The summed E-state index contributed by atoms with van der Waals surface area (Å²) in [7, 11) is 1.64. The Morgan fingerprint density at radius 3 is 3.00 bits per heavy atom. The van der Waals surface area contributed by atoms with E-state index >= 15 is 0 Å². The van der Waals surface area contributed by atoms with Gasteiger partial charge in [-0.3, -0.25) is 4.90 Å². The van der Waals surface area contributed by atoms with Crippen LogP contribution in [0.4, 0.5) is 11.4 Å². The van der Waals surface area contributed by atoms with E-state index in [0.717, 1.165) is 31.9 Å². The van der Waals surface area contributed by atoms with Crippen LogP contribution in [0.1, 0.15) is 0 Å². The minimum atomic E-state index is 0.179. The normalized spacial score (nSPS) is 25.9. The Hall–Kier alpha value is -1.50. The molecule has 2 unspecified atom stereocenters. The molecule has 21 heavy (non-hydrogen) atoms. The molecular weight excluding hydrogens is 270 g/mol. The van der Waals surface area contributed by atoms with Gasteiger partial charge in [-0.15, -0.1) is 0 Å². The van der Waals surface area contributed by atoms with E-state index in [9.17, 15) is 0 Å². The molecule has 3 aliphatic rings. The number of nitrogen functional groups attached to an aromatic ring is 1. The van der Waals surface area contributed by atoms with Gasteiger partial charge in [0.25, 0.3) is 0 Å². The Kier molecular flexibility index (Phi) is 4.19. The summed E-state index contributed by atoms with van der Waals surface area (Å²) in [5.41, 5.74) is 7.66. The third kappa shape index (κ3) is 2.92. The second-order valence-corrected chi connectivity index (χ2v) is 5.67. The molecule has 3 heterocycles. The summed E-state index contributed by atoms with van der Waals surface area (Å²) < 4.78 is 11.2. The van der Waals surface area contributed by atoms with Crippen LogP contribution in [0.3, 0.4) is 0 Å². The molecule has 2 atom stereocenters. The average molecular weight is 293 g/mol. The predicted octanol–water partition coefficient (Wildman–Crippen LogP) is 0.159. The summed E-state index contributed by atoms with van der Waals surface area (Å²) in [5.74, 6) is 0.709. The van der Waals surface area contributed by atoms with Crippen LogP contribution < -0.4 is 15.4 Å². The molecule has 6 heteroatoms. The minimum absolute atomic E-state index is 0.179. The zero-order chi connectivity index (χ0) is 14.8. The van der Waals surface area contributed by atoms with Crippen LogP contribution in [0.15, 0.2) is 18.2 Å². The summed E-state index contributed by atoms with van der Waals surface area (Å²) in [6.07, 6.45) is 0.179. The molecule has 0 amide bonds. The zero-order valence-corrected chi connectivity index (χ0v) is 12.4. The number of nitrogens with zero attached hydrogens (tertiary/aromatic N) is 2. The maximum atomic E-state index is 9.16. The second kappa shape index (κ2) is 6.09. The average Bonchev–Trinajstić information content (AvgIpc) is 2.78. The summed E-state index contributed by atoms with van der Waals surface area (Å²) in [5, 5.41) is 9.16. The van der Waals surface area contributed by atoms with Crippen molar-refractivity contribution in [2.75, 3.05) is 57.1 Å². The topological polar surface area (TPSA) is 71.2 Å². The van der Waals surface area contributed by atoms with Gasteiger partial charge in [-0.25, -0.2) is 0 Å². The van der Waals surface area contributed by atoms with Gasteiger partial charge in [0.2, 0.25) is 0 Å². The lowest BCUT2D eigenvalue weighted by Gasteiger charge is -2.38. The maximum Gasteiger partial charge on any atom is 0.143 e. The fraction of sp³-hybridized carbons (Fsp3) is 0.600. The standard InChI is InChI=1S/C15H23N3O3/c1-20-15-6-11(2-3-14(15)16)18-9-13-8-17(4-5-19)7-12(18)10-21-13/h2-3,6,12-13,19H,4-5,7-10,16H2,1H3. The van der Waals surface area contributed by atoms with Crippen LogP contribution in [-0.2, 0) is 4.74 Å². The van der Waals surface area contributed by atoms with Crippen molar-refractivity contribution >= 4 is 11.4 Å². The molecule has 3 aliphatic heterocycles. The van der Waals surface area contributed by atoms with E-state index < -0.39 is 0 Å². The molecule has 116 valence electrons. The fourth-order valence-corrected chi connectivity index (χ4v) is 3.20. The monoisotopic (exact) mass is 293 g/mol. The lowest BCUT2D eigenvalue weighted by atomic mass is 10.1. The molecule has 0 aliphatic carbocycles. The van der Waals surface area contributed by atoms with Crippen molar-refractivity contribution in [3.63, 3.8) is 0 Å². The number of nitrogens with two attached hydrogens (primary N) is 1. The highest BCUT2D eigenvalue weighted by atomic mass is 16.5. The Balaban J connectivity index is 1.83. The van der Waals surface area contributed by atoms with Gasteiger partial charge >= 0.3 is 0 Å². The number of aliphatic hydroxyl groups excluding tert-OH is 1. The maximum absolute atomic E-state index is 9.16. The number of aliphatic hydroxyl groups is 1. The zero-order valence-electron chi connectivity index (χ0n) is 12.4. The van der Waals surface area contributed by atoms with E-state index in [0.29, 0.717) is 24.0 Å². The summed E-state index contributed by atoms with van der Waals surface area (Å²) in [6, 6.07) is 6.21. The Labute approximate surface area is 125 Å². The van der Waals surface area contributed by atoms with E-state index in [-0.39, 0.29) is 12.7 Å². The lowest BCUT2D eigenvalue weighted by Crippen LogP contribution is -2.49. The third-order valence-corrected chi connectivity index (χ3v) is 4.26. The number of hydrogen-bond donors (Lipinski definition) is 2. The van der Waals surface area contributed by atoms with Crippen LogP contribution in [0, 0.1) is 0 Å². The van der Waals surface area contributed by atoms with Crippen molar-refractivity contribution in [1.29, 1.82) is 0 Å². The molecule has 0 spiro atoms. The molecule has 3 fully saturated rings. The van der Waals surface area contributed by atoms with Crippen molar-refractivity contribution in [2.45, 2.75) is 12.1 Å². The first kappa shape index (κ1) is 14.4. The van der Waals surface area contributed by atoms with Crippen molar-refractivity contribution in [3.05, 3.63) is 18.2 Å².